The van der Waals surface area contributed by atoms with Gasteiger partial charge in [-0.05, 0) is 54.5 Å². The number of hydrogen-bond acceptors (Lipinski definition) is 8. The zero-order chi connectivity index (χ0) is 27.5. The van der Waals surface area contributed by atoms with Gasteiger partial charge >= 0.3 is 5.97 Å². The van der Waals surface area contributed by atoms with E-state index in [1.54, 1.807) is 43.7 Å². The molecule has 1 aliphatic rings. The Morgan fingerprint density at radius 2 is 1.92 bits per heavy atom. The van der Waals surface area contributed by atoms with Crippen LogP contribution in [0.25, 0.3) is 16.8 Å². The van der Waals surface area contributed by atoms with Crippen LogP contribution in [0, 0.1) is 11.3 Å². The third kappa shape index (κ3) is 4.82. The monoisotopic (exact) mass is 539 g/mol. The van der Waals surface area contributed by atoms with Crippen molar-refractivity contribution in [2.24, 2.45) is 4.99 Å². The second kappa shape index (κ2) is 11.0. The summed E-state index contributed by atoms with van der Waals surface area (Å²) in [6, 6.07) is 19.8. The van der Waals surface area contributed by atoms with Crippen LogP contribution in [0.15, 0.2) is 81.7 Å². The summed E-state index contributed by atoms with van der Waals surface area (Å²) in [7, 11) is 1.57. The number of carbonyl (C=O) groups excluding carboxylic acids is 1. The number of allylic oxidation sites excluding steroid dienone is 1. The highest BCUT2D eigenvalue weighted by atomic mass is 32.1. The lowest BCUT2D eigenvalue weighted by Gasteiger charge is -2.27. The number of methoxy groups -OCH3 is 1. The topological polar surface area (TPSA) is 103 Å². The van der Waals surface area contributed by atoms with Crippen molar-refractivity contribution in [1.29, 1.82) is 5.26 Å². The molecule has 0 radical (unpaired) electrons. The van der Waals surface area contributed by atoms with Crippen LogP contribution >= 0.6 is 11.3 Å². The third-order valence-corrected chi connectivity index (χ3v) is 7.41. The molecule has 5 rings (SSSR count). The van der Waals surface area contributed by atoms with Gasteiger partial charge in [0.15, 0.2) is 11.4 Å². The van der Waals surface area contributed by atoms with E-state index in [4.69, 9.17) is 19.5 Å². The molecule has 0 unspecified atom stereocenters. The minimum atomic E-state index is -0.801. The highest BCUT2D eigenvalue weighted by molar-refractivity contribution is 7.07. The molecule has 39 heavy (non-hydrogen) atoms. The van der Waals surface area contributed by atoms with Crippen LogP contribution in [0.2, 0.25) is 0 Å². The van der Waals surface area contributed by atoms with Gasteiger partial charge < -0.3 is 14.2 Å². The van der Waals surface area contributed by atoms with E-state index in [2.05, 4.69) is 4.99 Å². The molecule has 0 N–H and O–H groups in total. The van der Waals surface area contributed by atoms with Gasteiger partial charge in [-0.25, -0.2) is 9.79 Å². The van der Waals surface area contributed by atoms with Crippen LogP contribution in [0.4, 0.5) is 0 Å². The Labute approximate surface area is 228 Å². The summed E-state index contributed by atoms with van der Waals surface area (Å²) in [5.74, 6) is 0.589. The first-order valence-corrected chi connectivity index (χ1v) is 13.1. The molecule has 9 heteroatoms. The van der Waals surface area contributed by atoms with E-state index in [1.807, 2.05) is 54.6 Å². The number of ether oxygens (including phenoxy) is 3. The number of aromatic nitrogens is 1. The van der Waals surface area contributed by atoms with Crippen molar-refractivity contribution in [3.05, 3.63) is 103 Å². The van der Waals surface area contributed by atoms with Crippen LogP contribution in [0.3, 0.4) is 0 Å². The van der Waals surface area contributed by atoms with E-state index in [9.17, 15) is 9.59 Å². The molecular formula is C30H25N3O5S. The maximum Gasteiger partial charge on any atom is 0.338 e. The fourth-order valence-corrected chi connectivity index (χ4v) is 5.77. The molecular weight excluding hydrogens is 514 g/mol. The Morgan fingerprint density at radius 1 is 1.15 bits per heavy atom. The number of nitrogens with zero attached hydrogens (tertiary/aromatic N) is 3. The van der Waals surface area contributed by atoms with Crippen molar-refractivity contribution in [1.82, 2.24) is 4.57 Å². The molecule has 3 aromatic carbocycles. The van der Waals surface area contributed by atoms with E-state index in [-0.39, 0.29) is 18.8 Å². The average molecular weight is 540 g/mol. The van der Waals surface area contributed by atoms with Crippen LogP contribution in [0.5, 0.6) is 11.5 Å². The predicted molar refractivity (Wildman–Crippen MR) is 148 cm³/mol. The van der Waals surface area contributed by atoms with E-state index in [0.29, 0.717) is 37.7 Å². The predicted octanol–water partition coefficient (Wildman–Crippen LogP) is 3.86. The molecule has 0 fully saturated rings. The Balaban J connectivity index is 1.75. The Kier molecular flexibility index (Phi) is 7.30. The lowest BCUT2D eigenvalue weighted by molar-refractivity contribution is -0.139. The maximum atomic E-state index is 14.0. The molecule has 1 aliphatic heterocycles. The minimum absolute atomic E-state index is 0.0439. The number of fused-ring (bicyclic) bond motifs is 2. The summed E-state index contributed by atoms with van der Waals surface area (Å²) in [6.07, 6.45) is 1.78. The fourth-order valence-electron chi connectivity index (χ4n) is 4.73. The molecule has 1 atom stereocenters. The van der Waals surface area contributed by atoms with Gasteiger partial charge in [0.05, 0.1) is 29.5 Å². The van der Waals surface area contributed by atoms with Crippen molar-refractivity contribution in [3.8, 4) is 17.6 Å². The van der Waals surface area contributed by atoms with E-state index in [0.717, 1.165) is 16.3 Å². The first kappa shape index (κ1) is 25.9. The fraction of sp³-hybridized carbons (Fsp3) is 0.200. The summed E-state index contributed by atoms with van der Waals surface area (Å²) in [5.41, 5.74) is 1.98. The molecule has 0 saturated heterocycles. The Bertz CT molecular complexity index is 1830. The molecule has 0 aliphatic carbocycles. The largest absolute Gasteiger partial charge is 0.496 e. The molecule has 0 spiro atoms. The first-order valence-electron chi connectivity index (χ1n) is 12.3. The molecule has 4 aromatic rings. The van der Waals surface area contributed by atoms with Crippen LogP contribution in [0.1, 0.15) is 31.0 Å². The van der Waals surface area contributed by atoms with E-state index in [1.165, 1.54) is 11.3 Å². The summed E-state index contributed by atoms with van der Waals surface area (Å²) in [5, 5.41) is 10.5. The molecule has 2 heterocycles. The van der Waals surface area contributed by atoms with Crippen molar-refractivity contribution in [2.75, 3.05) is 20.3 Å². The van der Waals surface area contributed by atoms with E-state index < -0.39 is 12.0 Å². The van der Waals surface area contributed by atoms with Gasteiger partial charge in [-0.1, -0.05) is 53.8 Å². The summed E-state index contributed by atoms with van der Waals surface area (Å²) in [4.78, 5) is 32.4. The van der Waals surface area contributed by atoms with Crippen LogP contribution < -0.4 is 24.4 Å². The summed E-state index contributed by atoms with van der Waals surface area (Å²) in [6.45, 7) is 3.65. The number of hydrogen-bond donors (Lipinski definition) is 0. The molecule has 1 aromatic heterocycles. The molecule has 0 saturated carbocycles. The standard InChI is InChI=1S/C30H25N3O5S/c1-4-37-29(35)25-18(2)32-30-33(27(25)26-22-8-6-5-7-20(22)11-14-23(26)36-3)28(34)24(39-30)17-19-9-12-21(13-10-19)38-16-15-31/h5-14,17,27H,4,16H2,1-3H3/b24-17-/t27-/m0/s1. The smallest absolute Gasteiger partial charge is 0.338 e. The van der Waals surface area contributed by atoms with Gasteiger partial charge in [-0.3, -0.25) is 9.36 Å². The number of nitriles is 1. The van der Waals surface area contributed by atoms with Gasteiger partial charge in [0.2, 0.25) is 0 Å². The van der Waals surface area contributed by atoms with Crippen LogP contribution in [-0.4, -0.2) is 30.9 Å². The van der Waals surface area contributed by atoms with Gasteiger partial charge in [-0.2, -0.15) is 5.26 Å². The Morgan fingerprint density at radius 3 is 2.64 bits per heavy atom. The lowest BCUT2D eigenvalue weighted by atomic mass is 9.90. The summed E-state index contributed by atoms with van der Waals surface area (Å²) >= 11 is 1.25. The second-order valence-corrected chi connectivity index (χ2v) is 9.73. The number of esters is 1. The molecule has 196 valence electrons. The number of thiazole rings is 1. The van der Waals surface area contributed by atoms with Crippen molar-refractivity contribution < 1.29 is 19.0 Å². The molecule has 0 bridgehead atoms. The highest BCUT2D eigenvalue weighted by Crippen LogP contribution is 2.40. The lowest BCUT2D eigenvalue weighted by Crippen LogP contribution is -2.40. The van der Waals surface area contributed by atoms with Crippen molar-refractivity contribution >= 4 is 34.2 Å². The highest BCUT2D eigenvalue weighted by Gasteiger charge is 2.36. The van der Waals surface area contributed by atoms with E-state index >= 15 is 0 Å². The third-order valence-electron chi connectivity index (χ3n) is 6.42. The van der Waals surface area contributed by atoms with Crippen LogP contribution in [-0.2, 0) is 9.53 Å². The van der Waals surface area contributed by atoms with Gasteiger partial charge in [-0.15, -0.1) is 0 Å². The number of benzene rings is 3. The maximum absolute atomic E-state index is 14.0. The summed E-state index contributed by atoms with van der Waals surface area (Å²) < 4.78 is 18.5. The normalized spacial score (nSPS) is 14.9. The minimum Gasteiger partial charge on any atom is -0.496 e. The van der Waals surface area contributed by atoms with Gasteiger partial charge in [0.25, 0.3) is 5.56 Å². The second-order valence-electron chi connectivity index (χ2n) is 8.72. The zero-order valence-electron chi connectivity index (χ0n) is 21.6. The SMILES string of the molecule is CCOC(=O)C1=C(C)N=c2s/c(=C\c3ccc(OCC#N)cc3)c(=O)n2[C@@H]1c1c(OC)ccc2ccccc12. The van der Waals surface area contributed by atoms with Gasteiger partial charge in [0, 0.05) is 5.56 Å². The molecule has 8 nitrogen and oxygen atoms in total. The van der Waals surface area contributed by atoms with Crippen molar-refractivity contribution in [2.45, 2.75) is 19.9 Å². The zero-order valence-corrected chi connectivity index (χ0v) is 22.5. The van der Waals surface area contributed by atoms with Crippen molar-refractivity contribution in [3.63, 3.8) is 0 Å². The Hall–Kier alpha value is -4.68. The quantitative estimate of drug-likeness (QED) is 0.331. The van der Waals surface area contributed by atoms with Gasteiger partial charge in [0.1, 0.15) is 23.6 Å². The molecule has 0 amide bonds. The number of rotatable bonds is 7. The number of carbonyl (C=O) groups is 1. The first-order chi connectivity index (χ1) is 19.0. The average Bonchev–Trinajstić information content (AvgIpc) is 3.25.